The molecule has 0 aromatic heterocycles. The first-order valence-electron chi connectivity index (χ1n) is 9.81. The molecule has 0 bridgehead atoms. The van der Waals surface area contributed by atoms with Crippen LogP contribution in [0, 0.1) is 5.92 Å². The summed E-state index contributed by atoms with van der Waals surface area (Å²) in [6.45, 7) is 4.44. The van der Waals surface area contributed by atoms with Crippen LogP contribution in [-0.2, 0) is 19.1 Å². The van der Waals surface area contributed by atoms with Crippen molar-refractivity contribution in [2.45, 2.75) is 64.7 Å². The molecule has 25 heavy (non-hydrogen) atoms. The second-order valence-electron chi connectivity index (χ2n) is 7.11. The van der Waals surface area contributed by atoms with E-state index >= 15 is 0 Å². The van der Waals surface area contributed by atoms with Gasteiger partial charge in [0.05, 0.1) is 13.0 Å². The van der Waals surface area contributed by atoms with Crippen molar-refractivity contribution >= 4 is 17.8 Å². The molecule has 1 aliphatic carbocycles. The summed E-state index contributed by atoms with van der Waals surface area (Å²) in [5.41, 5.74) is 0. The highest BCUT2D eigenvalue weighted by molar-refractivity contribution is 5.82. The molecule has 1 aliphatic heterocycles. The van der Waals surface area contributed by atoms with Gasteiger partial charge < -0.3 is 14.5 Å². The van der Waals surface area contributed by atoms with Gasteiger partial charge in [-0.15, -0.1) is 0 Å². The van der Waals surface area contributed by atoms with Crippen LogP contribution in [0.2, 0.25) is 0 Å². The van der Waals surface area contributed by atoms with Crippen molar-refractivity contribution in [2.75, 3.05) is 32.8 Å². The third-order valence-electron chi connectivity index (χ3n) is 5.32. The fourth-order valence-corrected chi connectivity index (χ4v) is 3.77. The molecule has 1 saturated carbocycles. The average Bonchev–Trinajstić information content (AvgIpc) is 2.65. The number of hydrogen-bond donors (Lipinski definition) is 0. The first-order valence-corrected chi connectivity index (χ1v) is 9.81. The zero-order chi connectivity index (χ0) is 18.1. The molecule has 2 amide bonds. The second kappa shape index (κ2) is 10.4. The van der Waals surface area contributed by atoms with Crippen molar-refractivity contribution in [3.63, 3.8) is 0 Å². The average molecular weight is 352 g/mol. The molecule has 142 valence electrons. The maximum absolute atomic E-state index is 12.4. The summed E-state index contributed by atoms with van der Waals surface area (Å²) < 4.78 is 4.84. The van der Waals surface area contributed by atoms with Crippen LogP contribution in [0.1, 0.15) is 64.7 Å². The topological polar surface area (TPSA) is 66.9 Å². The number of nitrogens with zero attached hydrogens (tertiary/aromatic N) is 2. The molecule has 2 fully saturated rings. The van der Waals surface area contributed by atoms with Crippen LogP contribution < -0.4 is 0 Å². The molecule has 6 nitrogen and oxygen atoms in total. The van der Waals surface area contributed by atoms with Gasteiger partial charge in [-0.25, -0.2) is 0 Å². The summed E-state index contributed by atoms with van der Waals surface area (Å²) in [7, 11) is 0. The fraction of sp³-hybridized carbons (Fsp3) is 0.842. The summed E-state index contributed by atoms with van der Waals surface area (Å²) in [6.07, 6.45) is 8.49. The van der Waals surface area contributed by atoms with Crippen molar-refractivity contribution in [3.05, 3.63) is 0 Å². The Morgan fingerprint density at radius 3 is 1.96 bits per heavy atom. The van der Waals surface area contributed by atoms with Crippen molar-refractivity contribution in [1.29, 1.82) is 0 Å². The van der Waals surface area contributed by atoms with Crippen LogP contribution in [0.4, 0.5) is 0 Å². The van der Waals surface area contributed by atoms with Gasteiger partial charge in [-0.2, -0.15) is 0 Å². The first-order chi connectivity index (χ1) is 12.1. The van der Waals surface area contributed by atoms with Gasteiger partial charge in [-0.3, -0.25) is 14.4 Å². The minimum atomic E-state index is -0.327. The molecule has 0 unspecified atom stereocenters. The minimum absolute atomic E-state index is 0.0256. The third-order valence-corrected chi connectivity index (χ3v) is 5.32. The molecule has 0 atom stereocenters. The molecule has 0 aromatic rings. The molecular weight excluding hydrogens is 320 g/mol. The smallest absolute Gasteiger partial charge is 0.306 e. The standard InChI is InChI=1S/C19H32N2O4/c1-2-25-19(24)11-10-18(23)21-14-12-20(13-15-21)17(22)9-8-16-6-4-3-5-7-16/h16H,2-15H2,1H3. The summed E-state index contributed by atoms with van der Waals surface area (Å²) in [6, 6.07) is 0. The molecule has 2 rings (SSSR count). The van der Waals surface area contributed by atoms with E-state index in [9.17, 15) is 14.4 Å². The Bertz CT molecular complexity index is 452. The number of rotatable bonds is 7. The lowest BCUT2D eigenvalue weighted by molar-refractivity contribution is -0.146. The Balaban J connectivity index is 1.63. The summed E-state index contributed by atoms with van der Waals surface area (Å²) in [4.78, 5) is 39.5. The number of ether oxygens (including phenoxy) is 1. The Hall–Kier alpha value is -1.59. The minimum Gasteiger partial charge on any atom is -0.466 e. The fourth-order valence-electron chi connectivity index (χ4n) is 3.77. The van der Waals surface area contributed by atoms with Gasteiger partial charge in [0, 0.05) is 39.0 Å². The van der Waals surface area contributed by atoms with E-state index < -0.39 is 0 Å². The van der Waals surface area contributed by atoms with Crippen LogP contribution in [0.3, 0.4) is 0 Å². The van der Waals surface area contributed by atoms with Crippen LogP contribution in [-0.4, -0.2) is 60.4 Å². The largest absolute Gasteiger partial charge is 0.466 e. The highest BCUT2D eigenvalue weighted by Crippen LogP contribution is 2.27. The second-order valence-corrected chi connectivity index (χ2v) is 7.11. The quantitative estimate of drug-likeness (QED) is 0.660. The van der Waals surface area contributed by atoms with E-state index in [0.29, 0.717) is 39.2 Å². The Morgan fingerprint density at radius 2 is 1.40 bits per heavy atom. The number of carbonyl (C=O) groups is 3. The van der Waals surface area contributed by atoms with Gasteiger partial charge >= 0.3 is 5.97 Å². The van der Waals surface area contributed by atoms with Crippen LogP contribution in [0.25, 0.3) is 0 Å². The highest BCUT2D eigenvalue weighted by Gasteiger charge is 2.25. The van der Waals surface area contributed by atoms with Crippen LogP contribution in [0.5, 0.6) is 0 Å². The van der Waals surface area contributed by atoms with E-state index in [4.69, 9.17) is 4.74 Å². The van der Waals surface area contributed by atoms with E-state index in [2.05, 4.69) is 0 Å². The predicted molar refractivity (Wildman–Crippen MR) is 94.8 cm³/mol. The zero-order valence-electron chi connectivity index (χ0n) is 15.5. The van der Waals surface area contributed by atoms with Gasteiger partial charge in [0.1, 0.15) is 0 Å². The molecule has 0 spiro atoms. The van der Waals surface area contributed by atoms with Gasteiger partial charge in [0.15, 0.2) is 0 Å². The van der Waals surface area contributed by atoms with Gasteiger partial charge in [0.25, 0.3) is 0 Å². The lowest BCUT2D eigenvalue weighted by Gasteiger charge is -2.35. The lowest BCUT2D eigenvalue weighted by atomic mass is 9.86. The van der Waals surface area contributed by atoms with Crippen molar-refractivity contribution < 1.29 is 19.1 Å². The molecule has 1 heterocycles. The van der Waals surface area contributed by atoms with E-state index in [1.54, 1.807) is 11.8 Å². The van der Waals surface area contributed by atoms with Crippen LogP contribution >= 0.6 is 0 Å². The summed E-state index contributed by atoms with van der Waals surface area (Å²) in [5, 5.41) is 0. The number of amides is 2. The Kier molecular flexibility index (Phi) is 8.22. The normalized spacial score (nSPS) is 18.9. The van der Waals surface area contributed by atoms with Crippen LogP contribution in [0.15, 0.2) is 0 Å². The molecule has 0 N–H and O–H groups in total. The van der Waals surface area contributed by atoms with E-state index in [0.717, 1.165) is 12.3 Å². The summed E-state index contributed by atoms with van der Waals surface area (Å²) >= 11 is 0. The number of hydrogen-bond acceptors (Lipinski definition) is 4. The molecule has 0 radical (unpaired) electrons. The summed E-state index contributed by atoms with van der Waals surface area (Å²) in [5.74, 6) is 0.599. The molecule has 2 aliphatic rings. The monoisotopic (exact) mass is 352 g/mol. The van der Waals surface area contributed by atoms with Gasteiger partial charge in [-0.05, 0) is 19.3 Å². The first kappa shape index (κ1) is 19.7. The van der Waals surface area contributed by atoms with Crippen molar-refractivity contribution in [3.8, 4) is 0 Å². The Morgan fingerprint density at radius 1 is 0.840 bits per heavy atom. The predicted octanol–water partition coefficient (Wildman–Crippen LogP) is 2.36. The highest BCUT2D eigenvalue weighted by atomic mass is 16.5. The zero-order valence-corrected chi connectivity index (χ0v) is 15.5. The van der Waals surface area contributed by atoms with E-state index in [1.807, 2.05) is 4.90 Å². The maximum Gasteiger partial charge on any atom is 0.306 e. The third kappa shape index (κ3) is 6.67. The number of piperazine rings is 1. The number of esters is 1. The SMILES string of the molecule is CCOC(=O)CCC(=O)N1CCN(C(=O)CCC2CCCCC2)CC1. The lowest BCUT2D eigenvalue weighted by Crippen LogP contribution is -2.50. The maximum atomic E-state index is 12.4. The van der Waals surface area contributed by atoms with Gasteiger partial charge in [0.2, 0.25) is 11.8 Å². The van der Waals surface area contributed by atoms with E-state index in [-0.39, 0.29) is 30.6 Å². The number of carbonyl (C=O) groups excluding carboxylic acids is 3. The molecule has 6 heteroatoms. The van der Waals surface area contributed by atoms with Crippen molar-refractivity contribution in [2.24, 2.45) is 5.92 Å². The molecular formula is C19H32N2O4. The molecule has 1 saturated heterocycles. The van der Waals surface area contributed by atoms with Crippen molar-refractivity contribution in [1.82, 2.24) is 9.80 Å². The Labute approximate surface area is 150 Å². The molecule has 0 aromatic carbocycles. The van der Waals surface area contributed by atoms with Gasteiger partial charge in [-0.1, -0.05) is 32.1 Å². The van der Waals surface area contributed by atoms with E-state index in [1.165, 1.54) is 32.1 Å².